The molecule has 0 saturated carbocycles. The highest BCUT2D eigenvalue weighted by Crippen LogP contribution is 2.48. The van der Waals surface area contributed by atoms with E-state index in [1.165, 1.54) is 85.5 Å². The highest BCUT2D eigenvalue weighted by Gasteiger charge is 2.21. The van der Waals surface area contributed by atoms with Crippen molar-refractivity contribution in [3.8, 4) is 22.3 Å². The van der Waals surface area contributed by atoms with E-state index in [9.17, 15) is 0 Å². The molecule has 8 aromatic carbocycles. The minimum absolute atomic E-state index is 0.917. The van der Waals surface area contributed by atoms with Gasteiger partial charge in [0.05, 0.1) is 0 Å². The van der Waals surface area contributed by atoms with Gasteiger partial charge in [-0.3, -0.25) is 0 Å². The van der Waals surface area contributed by atoms with E-state index in [-0.39, 0.29) is 0 Å². The first-order valence-corrected chi connectivity index (χ1v) is 15.8. The van der Waals surface area contributed by atoms with Gasteiger partial charge >= 0.3 is 0 Å². The number of fused-ring (bicyclic) bond motifs is 10. The maximum Gasteiger partial charge on any atom is 0.136 e. The highest BCUT2D eigenvalue weighted by molar-refractivity contribution is 7.25. The molecule has 0 atom stereocenters. The minimum Gasteiger partial charge on any atom is -0.456 e. The summed E-state index contributed by atoms with van der Waals surface area (Å²) in [4.78, 5) is 0. The molecule has 0 amide bonds. The quantitative estimate of drug-likeness (QED) is 0.187. The molecule has 0 unspecified atom stereocenters. The first kappa shape index (κ1) is 24.0. The van der Waals surface area contributed by atoms with Crippen LogP contribution < -0.4 is 0 Å². The smallest absolute Gasteiger partial charge is 0.136 e. The summed E-state index contributed by atoms with van der Waals surface area (Å²) in [6.07, 6.45) is 0. The number of rotatable bonds is 2. The molecular weight excluding hydrogens is 553 g/mol. The van der Waals surface area contributed by atoms with Crippen molar-refractivity contribution in [1.82, 2.24) is 0 Å². The Hall–Kier alpha value is -5.44. The molecule has 204 valence electrons. The van der Waals surface area contributed by atoms with Gasteiger partial charge in [0, 0.05) is 30.9 Å². The van der Waals surface area contributed by atoms with Crippen LogP contribution in [0.1, 0.15) is 0 Å². The summed E-state index contributed by atoms with van der Waals surface area (Å²) >= 11 is 1.87. The van der Waals surface area contributed by atoms with Gasteiger partial charge in [0.15, 0.2) is 0 Å². The summed E-state index contributed by atoms with van der Waals surface area (Å²) in [5.74, 6) is 0. The molecule has 0 spiro atoms. The van der Waals surface area contributed by atoms with Gasteiger partial charge < -0.3 is 4.42 Å². The average molecular weight is 577 g/mol. The van der Waals surface area contributed by atoms with Gasteiger partial charge in [-0.15, -0.1) is 11.3 Å². The SMILES string of the molecule is c1ccc2c(c1)ccc1oc3cccc(-c4c5ccccc5c(-c5ccc6sc7ccccc7c6c5)c5ccccc45)c3c12. The Morgan fingerprint density at radius 3 is 1.77 bits per heavy atom. The summed E-state index contributed by atoms with van der Waals surface area (Å²) in [6, 6.07) is 53.0. The normalized spacial score (nSPS) is 12.1. The van der Waals surface area contributed by atoms with Gasteiger partial charge in [0.1, 0.15) is 11.2 Å². The number of furan rings is 1. The number of benzene rings is 8. The Morgan fingerprint density at radius 1 is 0.386 bits per heavy atom. The summed E-state index contributed by atoms with van der Waals surface area (Å²) in [6.45, 7) is 0. The van der Waals surface area contributed by atoms with Crippen LogP contribution in [0.3, 0.4) is 0 Å². The molecule has 10 aromatic rings. The minimum atomic E-state index is 0.917. The first-order chi connectivity index (χ1) is 21.8. The standard InChI is InChI=1S/C42H24OS/c1-2-11-27-25(10-1)20-22-36-41(27)42-33(17-9-18-35(42)43-36)40-31-15-5-3-13-29(31)39(30-14-4-6-16-32(30)40)26-21-23-38-34(24-26)28-12-7-8-19-37(28)44-38/h1-24H. The number of hydrogen-bond acceptors (Lipinski definition) is 2. The van der Waals surface area contributed by atoms with Gasteiger partial charge in [-0.1, -0.05) is 115 Å². The zero-order valence-corrected chi connectivity index (χ0v) is 24.5. The molecular formula is C42H24OS. The van der Waals surface area contributed by atoms with Crippen LogP contribution in [0.15, 0.2) is 150 Å². The predicted molar refractivity (Wildman–Crippen MR) is 190 cm³/mol. The number of hydrogen-bond donors (Lipinski definition) is 0. The van der Waals surface area contributed by atoms with Crippen molar-refractivity contribution in [1.29, 1.82) is 0 Å². The lowest BCUT2D eigenvalue weighted by atomic mass is 9.84. The Bertz CT molecular complexity index is 2720. The molecule has 0 aliphatic heterocycles. The second kappa shape index (κ2) is 9.03. The third-order valence-corrected chi connectivity index (χ3v) is 10.4. The van der Waals surface area contributed by atoms with Gasteiger partial charge in [0.25, 0.3) is 0 Å². The van der Waals surface area contributed by atoms with Crippen LogP contribution in [-0.2, 0) is 0 Å². The molecule has 10 rings (SSSR count). The van der Waals surface area contributed by atoms with Crippen molar-refractivity contribution in [3.05, 3.63) is 146 Å². The second-order valence-electron chi connectivity index (χ2n) is 11.6. The topological polar surface area (TPSA) is 13.1 Å². The largest absolute Gasteiger partial charge is 0.456 e. The molecule has 1 nitrogen and oxygen atoms in total. The third-order valence-electron chi connectivity index (χ3n) is 9.25. The van der Waals surface area contributed by atoms with Crippen molar-refractivity contribution >= 4 is 85.8 Å². The van der Waals surface area contributed by atoms with Crippen molar-refractivity contribution in [3.63, 3.8) is 0 Å². The Morgan fingerprint density at radius 2 is 1.00 bits per heavy atom. The van der Waals surface area contributed by atoms with Crippen LogP contribution in [0.25, 0.3) is 96.7 Å². The van der Waals surface area contributed by atoms with Crippen LogP contribution in [0.4, 0.5) is 0 Å². The maximum absolute atomic E-state index is 6.51. The summed E-state index contributed by atoms with van der Waals surface area (Å²) in [5.41, 5.74) is 6.83. The monoisotopic (exact) mass is 576 g/mol. The molecule has 2 heterocycles. The Labute approximate surface area is 257 Å². The molecule has 0 radical (unpaired) electrons. The lowest BCUT2D eigenvalue weighted by Gasteiger charge is -2.18. The van der Waals surface area contributed by atoms with E-state index >= 15 is 0 Å². The summed E-state index contributed by atoms with van der Waals surface area (Å²) in [5, 5.41) is 12.5. The van der Waals surface area contributed by atoms with E-state index in [4.69, 9.17) is 4.42 Å². The fourth-order valence-electron chi connectivity index (χ4n) is 7.41. The van der Waals surface area contributed by atoms with E-state index < -0.39 is 0 Å². The Kier molecular flexibility index (Phi) is 4.94. The van der Waals surface area contributed by atoms with E-state index in [0.29, 0.717) is 0 Å². The van der Waals surface area contributed by atoms with E-state index in [2.05, 4.69) is 146 Å². The molecule has 0 fully saturated rings. The van der Waals surface area contributed by atoms with Crippen molar-refractivity contribution in [2.75, 3.05) is 0 Å². The lowest BCUT2D eigenvalue weighted by molar-refractivity contribution is 0.669. The van der Waals surface area contributed by atoms with Crippen LogP contribution in [-0.4, -0.2) is 0 Å². The molecule has 44 heavy (non-hydrogen) atoms. The van der Waals surface area contributed by atoms with Gasteiger partial charge in [-0.05, 0) is 84.9 Å². The molecule has 2 heteroatoms. The van der Waals surface area contributed by atoms with Gasteiger partial charge in [-0.25, -0.2) is 0 Å². The molecule has 2 aromatic heterocycles. The number of thiophene rings is 1. The van der Waals surface area contributed by atoms with E-state index in [1.807, 2.05) is 11.3 Å². The van der Waals surface area contributed by atoms with Crippen LogP contribution >= 0.6 is 11.3 Å². The van der Waals surface area contributed by atoms with Gasteiger partial charge in [-0.2, -0.15) is 0 Å². The average Bonchev–Trinajstić information content (AvgIpc) is 3.65. The summed E-state index contributed by atoms with van der Waals surface area (Å²) < 4.78 is 9.17. The molecule has 0 aliphatic rings. The molecule has 0 saturated heterocycles. The third kappa shape index (κ3) is 3.29. The first-order valence-electron chi connectivity index (χ1n) is 15.0. The second-order valence-corrected chi connectivity index (χ2v) is 12.7. The zero-order valence-electron chi connectivity index (χ0n) is 23.7. The van der Waals surface area contributed by atoms with Crippen LogP contribution in [0.5, 0.6) is 0 Å². The zero-order chi connectivity index (χ0) is 28.8. The molecule has 0 aliphatic carbocycles. The van der Waals surface area contributed by atoms with Crippen LogP contribution in [0.2, 0.25) is 0 Å². The fraction of sp³-hybridized carbons (Fsp3) is 0. The van der Waals surface area contributed by atoms with Crippen molar-refractivity contribution in [2.24, 2.45) is 0 Å². The predicted octanol–water partition coefficient (Wildman–Crippen LogP) is 12.7. The van der Waals surface area contributed by atoms with Crippen LogP contribution in [0, 0.1) is 0 Å². The fourth-order valence-corrected chi connectivity index (χ4v) is 8.49. The molecule has 0 bridgehead atoms. The van der Waals surface area contributed by atoms with Crippen molar-refractivity contribution in [2.45, 2.75) is 0 Å². The lowest BCUT2D eigenvalue weighted by Crippen LogP contribution is -1.91. The highest BCUT2D eigenvalue weighted by atomic mass is 32.1. The Balaban J connectivity index is 1.36. The van der Waals surface area contributed by atoms with E-state index in [0.717, 1.165) is 11.2 Å². The summed E-state index contributed by atoms with van der Waals surface area (Å²) in [7, 11) is 0. The maximum atomic E-state index is 6.51. The molecule has 0 N–H and O–H groups in total. The van der Waals surface area contributed by atoms with Gasteiger partial charge in [0.2, 0.25) is 0 Å². The van der Waals surface area contributed by atoms with E-state index in [1.54, 1.807) is 0 Å². The van der Waals surface area contributed by atoms with Crippen molar-refractivity contribution < 1.29 is 4.42 Å².